The Bertz CT molecular complexity index is 6350. The number of carbonyl (C=O) groups excluding carboxylic acids is 1. The largest absolute Gasteiger partial charge is 0.512 e. The molecule has 553 valence electrons. The first kappa shape index (κ1) is 73.2. The van der Waals surface area contributed by atoms with E-state index in [1.807, 2.05) is 48.5 Å². The Kier molecular flexibility index (Phi) is 21.0. The van der Waals surface area contributed by atoms with Crippen LogP contribution in [0.4, 0.5) is 0 Å². The predicted molar refractivity (Wildman–Crippen MR) is 464 cm³/mol. The summed E-state index contributed by atoms with van der Waals surface area (Å²) in [6.07, 6.45) is 4.89. The Hall–Kier alpha value is -13.6. The number of hydrogen-bond acceptors (Lipinski definition) is 5. The maximum Gasteiger partial charge on any atom is 0.316 e. The van der Waals surface area contributed by atoms with Crippen molar-refractivity contribution < 1.29 is 39.5 Å². The van der Waals surface area contributed by atoms with Gasteiger partial charge in [0, 0.05) is 112 Å². The number of aromatic nitrogens is 6. The van der Waals surface area contributed by atoms with Gasteiger partial charge >= 0.3 is 5.78 Å². The number of aliphatic hydroxyl groups is 1. The monoisotopic (exact) mass is 1650 g/mol. The van der Waals surface area contributed by atoms with Gasteiger partial charge in [-0.25, -0.2) is 0 Å². The van der Waals surface area contributed by atoms with E-state index in [0.717, 1.165) is 67.5 Å². The molecule has 20 aromatic rings. The van der Waals surface area contributed by atoms with E-state index in [2.05, 4.69) is 344 Å². The summed E-state index contributed by atoms with van der Waals surface area (Å²) < 4.78 is 21.8. The fraction of sp³-hybridized carbons (Fsp3) is 0.0583. The molecule has 0 amide bonds. The molecule has 0 fully saturated rings. The van der Waals surface area contributed by atoms with Crippen molar-refractivity contribution in [2.75, 3.05) is 0 Å². The van der Waals surface area contributed by atoms with Gasteiger partial charge in [0.15, 0.2) is 0 Å². The van der Waals surface area contributed by atoms with Gasteiger partial charge in [-0.2, -0.15) is 0 Å². The number of ketones is 1. The van der Waals surface area contributed by atoms with E-state index in [0.29, 0.717) is 26.4 Å². The normalized spacial score (nSPS) is 11.5. The van der Waals surface area contributed by atoms with Crippen molar-refractivity contribution in [1.29, 1.82) is 0 Å². The van der Waals surface area contributed by atoms with Crippen LogP contribution in [0.25, 0.3) is 155 Å². The first-order chi connectivity index (χ1) is 55.7. The second kappa shape index (κ2) is 32.7. The number of pyridine rings is 2. The van der Waals surface area contributed by atoms with E-state index in [1.165, 1.54) is 129 Å². The van der Waals surface area contributed by atoms with Crippen LogP contribution in [0.2, 0.25) is 0 Å². The topological polar surface area (TPSA) is 106 Å². The summed E-state index contributed by atoms with van der Waals surface area (Å²) in [5, 5.41) is 18.4. The van der Waals surface area contributed by atoms with Gasteiger partial charge < -0.3 is 42.8 Å². The number of aliphatic hydroxyl groups excluding tert-OH is 1. The summed E-state index contributed by atoms with van der Waals surface area (Å²) >= 11 is 0. The third-order valence-corrected chi connectivity index (χ3v) is 20.9. The zero-order valence-corrected chi connectivity index (χ0v) is 65.2. The van der Waals surface area contributed by atoms with E-state index >= 15 is 0 Å². The third-order valence-electron chi connectivity index (χ3n) is 20.9. The van der Waals surface area contributed by atoms with E-state index in [-0.39, 0.29) is 31.6 Å². The van der Waals surface area contributed by atoms with Crippen molar-refractivity contribution >= 4 is 93.0 Å². The van der Waals surface area contributed by atoms with Crippen LogP contribution in [0.3, 0.4) is 0 Å². The van der Waals surface area contributed by atoms with Crippen LogP contribution in [0.1, 0.15) is 36.1 Å². The van der Waals surface area contributed by atoms with E-state index in [4.69, 9.17) is 19.4 Å². The van der Waals surface area contributed by atoms with Gasteiger partial charge in [-0.1, -0.05) is 194 Å². The summed E-state index contributed by atoms with van der Waals surface area (Å²) in [6, 6.07) is 132. The number of allylic oxidation sites excluding steroid dienone is 2. The molecule has 0 saturated heterocycles. The van der Waals surface area contributed by atoms with Gasteiger partial charge in [-0.3, -0.25) is 4.79 Å². The molecule has 1 radical (unpaired) electrons. The zero-order chi connectivity index (χ0) is 76.1. The number of para-hydroxylation sites is 6. The quantitative estimate of drug-likeness (QED) is 0.0423. The Labute approximate surface area is 674 Å². The molecule has 0 saturated carbocycles. The minimum atomic E-state index is 0. The van der Waals surface area contributed by atoms with Gasteiger partial charge in [0.2, 0.25) is 0 Å². The van der Waals surface area contributed by atoms with Gasteiger partial charge in [0.05, 0.1) is 76.1 Å². The molecule has 6 heterocycles. The molecule has 0 aliphatic rings. The third kappa shape index (κ3) is 14.9. The summed E-state index contributed by atoms with van der Waals surface area (Å²) in [5.41, 5.74) is 27.2. The minimum Gasteiger partial charge on any atom is -0.512 e. The molecule has 114 heavy (non-hydrogen) atoms. The molecule has 6 aromatic heterocycles. The van der Waals surface area contributed by atoms with Crippen LogP contribution in [0.15, 0.2) is 376 Å². The van der Waals surface area contributed by atoms with Crippen LogP contribution < -0.4 is 0 Å². The van der Waals surface area contributed by atoms with Crippen molar-refractivity contribution in [3.63, 3.8) is 0 Å². The van der Waals surface area contributed by atoms with Gasteiger partial charge in [0.1, 0.15) is 0 Å². The number of hydrogen-bond donors (Lipinski definition) is 1. The van der Waals surface area contributed by atoms with Crippen LogP contribution in [0, 0.1) is 12.1 Å². The van der Waals surface area contributed by atoms with Crippen molar-refractivity contribution in [3.05, 3.63) is 410 Å². The van der Waals surface area contributed by atoms with E-state index < -0.39 is 0 Å². The molecular formula is C103H77IrN6O4-. The molecule has 14 aromatic carbocycles. The van der Waals surface area contributed by atoms with Crippen molar-refractivity contribution in [2.24, 2.45) is 0 Å². The number of nitrogens with zero attached hydrogens (tertiary/aromatic N) is 6. The van der Waals surface area contributed by atoms with Crippen molar-refractivity contribution in [2.45, 2.75) is 40.3 Å². The summed E-state index contributed by atoms with van der Waals surface area (Å²) in [6.45, 7) is 5.10. The fourth-order valence-electron chi connectivity index (χ4n) is 15.7. The molecule has 0 unspecified atom stereocenters. The number of benzene rings is 14. The Morgan fingerprint density at radius 3 is 0.833 bits per heavy atom. The van der Waals surface area contributed by atoms with Crippen LogP contribution in [-0.2, 0) is 56.0 Å². The van der Waals surface area contributed by atoms with Gasteiger partial charge in [-0.15, -0.1) is 70.8 Å². The predicted octanol–water partition coefficient (Wildman–Crippen LogP) is 25.3. The van der Waals surface area contributed by atoms with Gasteiger partial charge in [-0.05, 0) is 173 Å². The van der Waals surface area contributed by atoms with Crippen LogP contribution >= 0.6 is 0 Å². The van der Waals surface area contributed by atoms with E-state index in [1.54, 1.807) is 12.4 Å². The number of fused-ring (bicyclic) bond motifs is 12. The number of rotatable bonds is 17. The second-order valence-corrected chi connectivity index (χ2v) is 28.4. The maximum absolute atomic E-state index is 8.40. The summed E-state index contributed by atoms with van der Waals surface area (Å²) in [5.74, 6) is 0.250. The molecule has 0 spiro atoms. The molecule has 2 N–H and O–H groups in total. The second-order valence-electron chi connectivity index (χ2n) is 28.4. The molecule has 20 rings (SSSR count). The van der Waals surface area contributed by atoms with Crippen molar-refractivity contribution in [1.82, 2.24) is 28.2 Å². The average molecular weight is 1660 g/mol. The maximum atomic E-state index is 8.40. The first-order valence-electron chi connectivity index (χ1n) is 38.0. The SMILES string of the molecule is CC(=[OH+])/C=C(/C)O.[Ir].[c-]1cc(COCc2ccc3c(c2)c2ccccc2n3-c2ccc(-c3ccc(-n4c5ccccc5c5ccccc54)cc3)cc2)ccc1-c1ccccn1.[c-]1cc(COCc2ccc3c(c2)c2ccccc2n3-c2ccc(-c3ccc(-n4c5ccccc5c5ccccc54)cc3)cc2)ccc1-c1ccccn1. The standard InChI is InChI=1S/2C49H34N3O.C5H8O2.Ir/c2*1-4-13-46-41(9-1)42-10-2-5-14-47(42)51(46)39-25-21-36(22-26-39)37-23-27-40(28-24-37)52-48-15-6-3-11-43(48)44-31-35(18-29-49(44)52)33-53-32-34-16-19-38(20-17-34)45-12-7-8-30-50-45;1-4(6)3-5(2)7;/h2*1-19,21-31H,32-33H2;3,6H,1-2H3;/q2*-1;;/p+1/b;;4-3-;. The van der Waals surface area contributed by atoms with Crippen LogP contribution in [-0.4, -0.2) is 43.9 Å². The zero-order valence-electron chi connectivity index (χ0n) is 62.8. The van der Waals surface area contributed by atoms with Gasteiger partial charge in [0.25, 0.3) is 0 Å². The number of ether oxygens (including phenoxy) is 2. The Morgan fingerprint density at radius 1 is 0.316 bits per heavy atom. The molecule has 0 atom stereocenters. The minimum absolute atomic E-state index is 0. The molecule has 0 bridgehead atoms. The molecule has 11 heteroatoms. The Morgan fingerprint density at radius 2 is 0.579 bits per heavy atom. The van der Waals surface area contributed by atoms with Crippen LogP contribution in [0.5, 0.6) is 0 Å². The summed E-state index contributed by atoms with van der Waals surface area (Å²) in [4.78, 5) is 17.2. The summed E-state index contributed by atoms with van der Waals surface area (Å²) in [7, 11) is 0. The smallest absolute Gasteiger partial charge is 0.316 e. The fourth-order valence-corrected chi connectivity index (χ4v) is 15.7. The molecular weight excluding hydrogens is 1580 g/mol. The van der Waals surface area contributed by atoms with E-state index in [9.17, 15) is 0 Å². The average Bonchev–Trinajstić information content (AvgIpc) is 1.59. The molecule has 0 aliphatic heterocycles. The first-order valence-corrected chi connectivity index (χ1v) is 38.0. The Balaban J connectivity index is 0.000000151. The van der Waals surface area contributed by atoms with Crippen molar-refractivity contribution in [3.8, 4) is 67.5 Å². The molecule has 10 nitrogen and oxygen atoms in total. The molecule has 0 aliphatic carbocycles.